The van der Waals surface area contributed by atoms with Gasteiger partial charge in [0.15, 0.2) is 0 Å². The Hall–Kier alpha value is -3.40. The summed E-state index contributed by atoms with van der Waals surface area (Å²) in [5.41, 5.74) is 4.29. The first-order valence-electron chi connectivity index (χ1n) is 8.56. The molecular formula is C22H18N2O2. The van der Waals surface area contributed by atoms with Gasteiger partial charge in [-0.2, -0.15) is 0 Å². The van der Waals surface area contributed by atoms with Gasteiger partial charge in [0.05, 0.1) is 5.92 Å². The van der Waals surface area contributed by atoms with E-state index in [4.69, 9.17) is 0 Å². The number of amides is 2. The highest BCUT2D eigenvalue weighted by molar-refractivity contribution is 6.06. The van der Waals surface area contributed by atoms with E-state index < -0.39 is 5.92 Å². The molecule has 1 heterocycles. The van der Waals surface area contributed by atoms with E-state index in [1.54, 1.807) is 0 Å². The fourth-order valence-electron chi connectivity index (χ4n) is 3.33. The molecule has 26 heavy (non-hydrogen) atoms. The summed E-state index contributed by atoms with van der Waals surface area (Å²) in [5.74, 6) is -0.806. The highest BCUT2D eigenvalue weighted by Crippen LogP contribution is 2.34. The average Bonchev–Trinajstić information content (AvgIpc) is 2.68. The maximum atomic E-state index is 13.0. The molecule has 0 radical (unpaired) electrons. The molecule has 0 aliphatic carbocycles. The van der Waals surface area contributed by atoms with Crippen LogP contribution in [-0.4, -0.2) is 11.8 Å². The molecule has 4 rings (SSSR count). The number of rotatable bonds is 3. The van der Waals surface area contributed by atoms with E-state index in [1.165, 1.54) is 0 Å². The third kappa shape index (κ3) is 3.09. The van der Waals surface area contributed by atoms with Gasteiger partial charge in [-0.1, -0.05) is 66.7 Å². The second-order valence-electron chi connectivity index (χ2n) is 6.29. The third-order valence-corrected chi connectivity index (χ3v) is 4.59. The number of carbonyl (C=O) groups excluding carboxylic acids is 2. The highest BCUT2D eigenvalue weighted by Gasteiger charge is 2.30. The lowest BCUT2D eigenvalue weighted by molar-refractivity contribution is -0.123. The van der Waals surface area contributed by atoms with Gasteiger partial charge in [0.2, 0.25) is 11.8 Å². The molecule has 1 unspecified atom stereocenters. The summed E-state index contributed by atoms with van der Waals surface area (Å²) in [6, 6.07) is 25.1. The molecule has 0 aromatic heterocycles. The summed E-state index contributed by atoms with van der Waals surface area (Å²) >= 11 is 0. The molecule has 4 nitrogen and oxygen atoms in total. The van der Waals surface area contributed by atoms with Crippen LogP contribution < -0.4 is 10.6 Å². The van der Waals surface area contributed by atoms with E-state index in [-0.39, 0.29) is 18.2 Å². The molecule has 2 amide bonds. The van der Waals surface area contributed by atoms with Crippen LogP contribution in [0.1, 0.15) is 17.9 Å². The van der Waals surface area contributed by atoms with Crippen LogP contribution >= 0.6 is 0 Å². The second-order valence-corrected chi connectivity index (χ2v) is 6.29. The minimum absolute atomic E-state index is 0.139. The smallest absolute Gasteiger partial charge is 0.232 e. The molecular weight excluding hydrogens is 324 g/mol. The molecule has 0 fully saturated rings. The topological polar surface area (TPSA) is 58.2 Å². The number of carbonyl (C=O) groups is 2. The van der Waals surface area contributed by atoms with Gasteiger partial charge in [-0.15, -0.1) is 0 Å². The van der Waals surface area contributed by atoms with Gasteiger partial charge in [-0.05, 0) is 23.3 Å². The zero-order valence-corrected chi connectivity index (χ0v) is 14.1. The number of para-hydroxylation sites is 2. The second kappa shape index (κ2) is 6.84. The van der Waals surface area contributed by atoms with Crippen LogP contribution in [0.4, 0.5) is 11.4 Å². The number of fused-ring (bicyclic) bond motifs is 1. The number of anilines is 2. The van der Waals surface area contributed by atoms with E-state index in [1.807, 2.05) is 78.9 Å². The van der Waals surface area contributed by atoms with Gasteiger partial charge >= 0.3 is 0 Å². The third-order valence-electron chi connectivity index (χ3n) is 4.59. The fourth-order valence-corrected chi connectivity index (χ4v) is 3.33. The Kier molecular flexibility index (Phi) is 4.23. The van der Waals surface area contributed by atoms with Crippen molar-refractivity contribution in [1.29, 1.82) is 0 Å². The van der Waals surface area contributed by atoms with Crippen molar-refractivity contribution >= 4 is 23.2 Å². The van der Waals surface area contributed by atoms with Crippen LogP contribution in [0.25, 0.3) is 11.1 Å². The summed E-state index contributed by atoms with van der Waals surface area (Å²) in [6.07, 6.45) is 0.149. The quantitative estimate of drug-likeness (QED) is 0.740. The van der Waals surface area contributed by atoms with Crippen LogP contribution in [0.2, 0.25) is 0 Å². The van der Waals surface area contributed by atoms with Crippen molar-refractivity contribution in [3.05, 3.63) is 84.4 Å². The van der Waals surface area contributed by atoms with Crippen molar-refractivity contribution in [1.82, 2.24) is 0 Å². The van der Waals surface area contributed by atoms with Crippen LogP contribution in [0.15, 0.2) is 78.9 Å². The molecule has 1 atom stereocenters. The van der Waals surface area contributed by atoms with E-state index in [9.17, 15) is 9.59 Å². The van der Waals surface area contributed by atoms with E-state index in [0.717, 1.165) is 22.4 Å². The zero-order chi connectivity index (χ0) is 17.9. The normalized spacial score (nSPS) is 15.7. The van der Waals surface area contributed by atoms with Crippen molar-refractivity contribution in [2.75, 3.05) is 10.6 Å². The van der Waals surface area contributed by atoms with Crippen LogP contribution in [0, 0.1) is 0 Å². The summed E-state index contributed by atoms with van der Waals surface area (Å²) in [4.78, 5) is 25.0. The molecule has 0 saturated heterocycles. The molecule has 128 valence electrons. The van der Waals surface area contributed by atoms with Crippen molar-refractivity contribution in [3.63, 3.8) is 0 Å². The predicted molar refractivity (Wildman–Crippen MR) is 103 cm³/mol. The Morgan fingerprint density at radius 2 is 1.58 bits per heavy atom. The summed E-state index contributed by atoms with van der Waals surface area (Å²) < 4.78 is 0. The largest absolute Gasteiger partial charge is 0.326 e. The van der Waals surface area contributed by atoms with Crippen LogP contribution in [0.3, 0.4) is 0 Å². The number of nitrogens with one attached hydrogen (secondary N) is 2. The van der Waals surface area contributed by atoms with Gasteiger partial charge in [0.1, 0.15) is 0 Å². The molecule has 1 aliphatic rings. The minimum atomic E-state index is -0.497. The van der Waals surface area contributed by atoms with Gasteiger partial charge < -0.3 is 10.6 Å². The molecule has 4 heteroatoms. The SMILES string of the molecule is O=C1CC(C(=O)Nc2ccccc2-c2ccccc2)c2ccccc2N1. The van der Waals surface area contributed by atoms with Crippen LogP contribution in [0.5, 0.6) is 0 Å². The number of hydrogen-bond donors (Lipinski definition) is 2. The lowest BCUT2D eigenvalue weighted by atomic mass is 9.89. The predicted octanol–water partition coefficient (Wildman–Crippen LogP) is 4.42. The van der Waals surface area contributed by atoms with Gasteiger partial charge in [-0.25, -0.2) is 0 Å². The molecule has 0 saturated carbocycles. The first-order valence-corrected chi connectivity index (χ1v) is 8.56. The molecule has 0 spiro atoms. The Bertz CT molecular complexity index is 967. The van der Waals surface area contributed by atoms with Gasteiger partial charge in [0.25, 0.3) is 0 Å². The fraction of sp³-hybridized carbons (Fsp3) is 0.0909. The van der Waals surface area contributed by atoms with E-state index in [0.29, 0.717) is 5.69 Å². The van der Waals surface area contributed by atoms with Gasteiger partial charge in [-0.3, -0.25) is 9.59 Å². The van der Waals surface area contributed by atoms with Crippen molar-refractivity contribution in [3.8, 4) is 11.1 Å². The van der Waals surface area contributed by atoms with Gasteiger partial charge in [0, 0.05) is 23.4 Å². The molecule has 3 aromatic rings. The van der Waals surface area contributed by atoms with Crippen molar-refractivity contribution in [2.45, 2.75) is 12.3 Å². The minimum Gasteiger partial charge on any atom is -0.326 e. The van der Waals surface area contributed by atoms with Crippen molar-refractivity contribution < 1.29 is 9.59 Å². The van der Waals surface area contributed by atoms with E-state index in [2.05, 4.69) is 10.6 Å². The first-order chi connectivity index (χ1) is 12.7. The lowest BCUT2D eigenvalue weighted by Crippen LogP contribution is -2.30. The van der Waals surface area contributed by atoms with Crippen LogP contribution in [-0.2, 0) is 9.59 Å². The molecule has 3 aromatic carbocycles. The standard InChI is InChI=1S/C22H18N2O2/c25-21-14-18(17-11-5-7-13-20(17)23-21)22(26)24-19-12-6-4-10-16(19)15-8-2-1-3-9-15/h1-13,18H,14H2,(H,23,25)(H,24,26). The van der Waals surface area contributed by atoms with Crippen molar-refractivity contribution in [2.24, 2.45) is 0 Å². The molecule has 2 N–H and O–H groups in total. The Morgan fingerprint density at radius 3 is 2.42 bits per heavy atom. The monoisotopic (exact) mass is 342 g/mol. The summed E-state index contributed by atoms with van der Waals surface area (Å²) in [5, 5.41) is 5.85. The lowest BCUT2D eigenvalue weighted by Gasteiger charge is -2.25. The Balaban J connectivity index is 1.65. The first kappa shape index (κ1) is 16.1. The maximum Gasteiger partial charge on any atom is 0.232 e. The number of hydrogen-bond acceptors (Lipinski definition) is 2. The Labute approximate surface area is 151 Å². The van der Waals surface area contributed by atoms with E-state index >= 15 is 0 Å². The summed E-state index contributed by atoms with van der Waals surface area (Å²) in [6.45, 7) is 0. The molecule has 1 aliphatic heterocycles. The average molecular weight is 342 g/mol. The summed E-state index contributed by atoms with van der Waals surface area (Å²) in [7, 11) is 0. The Morgan fingerprint density at radius 1 is 0.885 bits per heavy atom. The highest BCUT2D eigenvalue weighted by atomic mass is 16.2. The zero-order valence-electron chi connectivity index (χ0n) is 14.1. The molecule has 0 bridgehead atoms. The maximum absolute atomic E-state index is 13.0. The number of benzene rings is 3.